The van der Waals surface area contributed by atoms with Gasteiger partial charge in [0.25, 0.3) is 5.91 Å². The van der Waals surface area contributed by atoms with Gasteiger partial charge >= 0.3 is 5.97 Å². The Bertz CT molecular complexity index is 306. The van der Waals surface area contributed by atoms with Crippen LogP contribution < -0.4 is 0 Å². The molecule has 1 heterocycles. The standard InChI is InChI=1S/C13H21NO4/c1-17-12(15)9-14(10-5-2-3-6-10)13(16)11-7-4-8-18-11/h10-11H,2-9H2,1H3. The summed E-state index contributed by atoms with van der Waals surface area (Å²) in [5.74, 6) is -0.391. The fraction of sp³-hybridized carbons (Fsp3) is 0.846. The van der Waals surface area contributed by atoms with Crippen LogP contribution in [0, 0.1) is 0 Å². The lowest BCUT2D eigenvalue weighted by Crippen LogP contribution is -2.47. The Morgan fingerprint density at radius 3 is 2.50 bits per heavy atom. The van der Waals surface area contributed by atoms with Crippen LogP contribution in [0.25, 0.3) is 0 Å². The number of carbonyl (C=O) groups is 2. The summed E-state index contributed by atoms with van der Waals surface area (Å²) in [4.78, 5) is 25.5. The number of methoxy groups -OCH3 is 1. The van der Waals surface area contributed by atoms with E-state index >= 15 is 0 Å². The summed E-state index contributed by atoms with van der Waals surface area (Å²) in [5.41, 5.74) is 0. The summed E-state index contributed by atoms with van der Waals surface area (Å²) in [7, 11) is 1.35. The third-order valence-corrected chi connectivity index (χ3v) is 3.78. The zero-order valence-electron chi connectivity index (χ0n) is 10.9. The minimum atomic E-state index is -0.353. The van der Waals surface area contributed by atoms with Gasteiger partial charge in [-0.05, 0) is 25.7 Å². The SMILES string of the molecule is COC(=O)CN(C(=O)C1CCCO1)C1CCCC1. The molecule has 0 spiro atoms. The van der Waals surface area contributed by atoms with E-state index in [-0.39, 0.29) is 30.6 Å². The molecule has 1 saturated heterocycles. The number of amides is 1. The highest BCUT2D eigenvalue weighted by atomic mass is 16.5. The van der Waals surface area contributed by atoms with Gasteiger partial charge in [0.1, 0.15) is 12.6 Å². The smallest absolute Gasteiger partial charge is 0.325 e. The molecule has 0 N–H and O–H groups in total. The molecule has 18 heavy (non-hydrogen) atoms. The minimum Gasteiger partial charge on any atom is -0.468 e. The maximum absolute atomic E-state index is 12.4. The Kier molecular flexibility index (Phi) is 4.58. The monoisotopic (exact) mass is 255 g/mol. The topological polar surface area (TPSA) is 55.8 Å². The predicted octanol–water partition coefficient (Wildman–Crippen LogP) is 1.11. The summed E-state index contributed by atoms with van der Waals surface area (Å²) in [6, 6.07) is 0.181. The van der Waals surface area contributed by atoms with Crippen molar-refractivity contribution < 1.29 is 19.1 Å². The van der Waals surface area contributed by atoms with Crippen LogP contribution in [0.1, 0.15) is 38.5 Å². The van der Waals surface area contributed by atoms with E-state index in [1.54, 1.807) is 4.90 Å². The van der Waals surface area contributed by atoms with Crippen molar-refractivity contribution >= 4 is 11.9 Å². The summed E-state index contributed by atoms with van der Waals surface area (Å²) >= 11 is 0. The molecular formula is C13H21NO4. The van der Waals surface area contributed by atoms with Gasteiger partial charge < -0.3 is 14.4 Å². The van der Waals surface area contributed by atoms with E-state index in [1.807, 2.05) is 0 Å². The normalized spacial score (nSPS) is 24.2. The first-order valence-electron chi connectivity index (χ1n) is 6.71. The van der Waals surface area contributed by atoms with E-state index in [0.29, 0.717) is 6.61 Å². The molecule has 1 saturated carbocycles. The van der Waals surface area contributed by atoms with Crippen molar-refractivity contribution in [2.24, 2.45) is 0 Å². The molecule has 0 aromatic carbocycles. The molecule has 2 rings (SSSR count). The fourth-order valence-electron chi connectivity index (χ4n) is 2.76. The van der Waals surface area contributed by atoms with Gasteiger partial charge in [-0.1, -0.05) is 12.8 Å². The van der Waals surface area contributed by atoms with E-state index in [4.69, 9.17) is 4.74 Å². The Labute approximate surface area is 107 Å². The Morgan fingerprint density at radius 1 is 1.22 bits per heavy atom. The first kappa shape index (κ1) is 13.3. The highest BCUT2D eigenvalue weighted by Gasteiger charge is 2.34. The molecule has 5 nitrogen and oxygen atoms in total. The molecule has 1 atom stereocenters. The number of carbonyl (C=O) groups excluding carboxylic acids is 2. The van der Waals surface area contributed by atoms with Crippen LogP contribution in [0.5, 0.6) is 0 Å². The van der Waals surface area contributed by atoms with Crippen LogP contribution in [0.4, 0.5) is 0 Å². The van der Waals surface area contributed by atoms with Crippen molar-refractivity contribution in [3.63, 3.8) is 0 Å². The lowest BCUT2D eigenvalue weighted by Gasteiger charge is -2.29. The summed E-state index contributed by atoms with van der Waals surface area (Å²) in [6.07, 6.45) is 5.55. The number of hydrogen-bond acceptors (Lipinski definition) is 4. The van der Waals surface area contributed by atoms with E-state index in [1.165, 1.54) is 7.11 Å². The van der Waals surface area contributed by atoms with Gasteiger partial charge in [0, 0.05) is 12.6 Å². The molecule has 1 aliphatic heterocycles. The molecule has 102 valence electrons. The van der Waals surface area contributed by atoms with Crippen LogP contribution in [0.2, 0.25) is 0 Å². The number of ether oxygens (including phenoxy) is 2. The average Bonchev–Trinajstić information content (AvgIpc) is 3.06. The minimum absolute atomic E-state index is 0.0372. The maximum atomic E-state index is 12.4. The van der Waals surface area contributed by atoms with E-state index < -0.39 is 0 Å². The Balaban J connectivity index is 2.02. The van der Waals surface area contributed by atoms with Crippen molar-refractivity contribution in [3.8, 4) is 0 Å². The number of esters is 1. The molecule has 1 aliphatic carbocycles. The lowest BCUT2D eigenvalue weighted by molar-refractivity contribution is -0.153. The van der Waals surface area contributed by atoms with Crippen LogP contribution in [-0.2, 0) is 19.1 Å². The van der Waals surface area contributed by atoms with Crippen LogP contribution >= 0.6 is 0 Å². The molecule has 2 fully saturated rings. The van der Waals surface area contributed by atoms with Gasteiger partial charge in [0.2, 0.25) is 0 Å². The van der Waals surface area contributed by atoms with Crippen molar-refractivity contribution in [1.82, 2.24) is 4.90 Å². The number of rotatable bonds is 4. The highest BCUT2D eigenvalue weighted by Crippen LogP contribution is 2.26. The van der Waals surface area contributed by atoms with Crippen LogP contribution in [0.15, 0.2) is 0 Å². The molecule has 0 aromatic heterocycles. The largest absolute Gasteiger partial charge is 0.468 e. The number of nitrogens with zero attached hydrogens (tertiary/aromatic N) is 1. The molecule has 0 bridgehead atoms. The summed E-state index contributed by atoms with van der Waals surface area (Å²) < 4.78 is 10.1. The maximum Gasteiger partial charge on any atom is 0.325 e. The molecule has 1 amide bonds. The molecule has 2 aliphatic rings. The first-order valence-corrected chi connectivity index (χ1v) is 6.71. The Morgan fingerprint density at radius 2 is 1.94 bits per heavy atom. The quantitative estimate of drug-likeness (QED) is 0.706. The molecule has 1 unspecified atom stereocenters. The predicted molar refractivity (Wildman–Crippen MR) is 65.0 cm³/mol. The fourth-order valence-corrected chi connectivity index (χ4v) is 2.76. The third kappa shape index (κ3) is 3.02. The third-order valence-electron chi connectivity index (χ3n) is 3.78. The van der Waals surface area contributed by atoms with Crippen molar-refractivity contribution in [2.45, 2.75) is 50.7 Å². The van der Waals surface area contributed by atoms with Crippen molar-refractivity contribution in [2.75, 3.05) is 20.3 Å². The van der Waals surface area contributed by atoms with Gasteiger partial charge in [-0.25, -0.2) is 0 Å². The molecule has 5 heteroatoms. The highest BCUT2D eigenvalue weighted by molar-refractivity contribution is 5.85. The van der Waals surface area contributed by atoms with E-state index in [0.717, 1.165) is 38.5 Å². The molecule has 0 aromatic rings. The van der Waals surface area contributed by atoms with Crippen LogP contribution in [0.3, 0.4) is 0 Å². The van der Waals surface area contributed by atoms with Gasteiger partial charge in [0.15, 0.2) is 0 Å². The first-order chi connectivity index (χ1) is 8.72. The van der Waals surface area contributed by atoms with Crippen molar-refractivity contribution in [3.05, 3.63) is 0 Å². The zero-order valence-corrected chi connectivity index (χ0v) is 10.9. The summed E-state index contributed by atoms with van der Waals surface area (Å²) in [5, 5.41) is 0. The number of hydrogen-bond donors (Lipinski definition) is 0. The molecule has 0 radical (unpaired) electrons. The van der Waals surface area contributed by atoms with Gasteiger partial charge in [-0.3, -0.25) is 9.59 Å². The zero-order chi connectivity index (χ0) is 13.0. The summed E-state index contributed by atoms with van der Waals surface area (Å²) in [6.45, 7) is 0.701. The van der Waals surface area contributed by atoms with Crippen LogP contribution in [-0.4, -0.2) is 49.2 Å². The molecular weight excluding hydrogens is 234 g/mol. The van der Waals surface area contributed by atoms with Crippen molar-refractivity contribution in [1.29, 1.82) is 0 Å². The second kappa shape index (κ2) is 6.18. The average molecular weight is 255 g/mol. The van der Waals surface area contributed by atoms with Gasteiger partial charge in [-0.15, -0.1) is 0 Å². The van der Waals surface area contributed by atoms with E-state index in [2.05, 4.69) is 4.74 Å². The van der Waals surface area contributed by atoms with Gasteiger partial charge in [0.05, 0.1) is 7.11 Å². The lowest BCUT2D eigenvalue weighted by atomic mass is 10.1. The second-order valence-electron chi connectivity index (χ2n) is 4.98. The Hall–Kier alpha value is -1.10. The second-order valence-corrected chi connectivity index (χ2v) is 4.98. The van der Waals surface area contributed by atoms with Gasteiger partial charge in [-0.2, -0.15) is 0 Å². The van der Waals surface area contributed by atoms with E-state index in [9.17, 15) is 9.59 Å².